The van der Waals surface area contributed by atoms with E-state index >= 15 is 0 Å². The van der Waals surface area contributed by atoms with E-state index in [9.17, 15) is 9.90 Å². The van der Waals surface area contributed by atoms with Gasteiger partial charge in [-0.1, -0.05) is 13.8 Å². The van der Waals surface area contributed by atoms with Crippen LogP contribution in [0.25, 0.3) is 0 Å². The van der Waals surface area contributed by atoms with Crippen LogP contribution in [0.15, 0.2) is 23.6 Å². The normalized spacial score (nSPS) is 10.7. The van der Waals surface area contributed by atoms with Gasteiger partial charge in [-0.05, 0) is 18.2 Å². The van der Waals surface area contributed by atoms with Crippen molar-refractivity contribution in [3.05, 3.63) is 39.8 Å². The maximum absolute atomic E-state index is 11.2. The third-order valence-electron chi connectivity index (χ3n) is 2.86. The number of thiazole rings is 1. The number of carbonyl (C=O) groups is 1. The van der Waals surface area contributed by atoms with Crippen LogP contribution in [-0.2, 0) is 6.61 Å². The van der Waals surface area contributed by atoms with Gasteiger partial charge >= 0.3 is 5.97 Å². The molecule has 0 aliphatic heterocycles. The lowest BCUT2D eigenvalue weighted by Gasteiger charge is -2.09. The fourth-order valence-electron chi connectivity index (χ4n) is 1.73. The molecular weight excluding hydrogens is 290 g/mol. The minimum atomic E-state index is -1.05. The summed E-state index contributed by atoms with van der Waals surface area (Å²) in [6, 6.07) is 4.71. The van der Waals surface area contributed by atoms with Crippen molar-refractivity contribution in [1.29, 1.82) is 0 Å². The van der Waals surface area contributed by atoms with Gasteiger partial charge in [-0.2, -0.15) is 0 Å². The van der Waals surface area contributed by atoms with E-state index in [4.69, 9.17) is 9.47 Å². The Balaban J connectivity index is 2.13. The molecule has 5 nitrogen and oxygen atoms in total. The van der Waals surface area contributed by atoms with Gasteiger partial charge in [0.1, 0.15) is 23.7 Å². The number of nitrogens with zero attached hydrogens (tertiary/aromatic N) is 1. The summed E-state index contributed by atoms with van der Waals surface area (Å²) in [5, 5.41) is 12.2. The van der Waals surface area contributed by atoms with Gasteiger partial charge < -0.3 is 14.6 Å². The first-order valence-electron chi connectivity index (χ1n) is 6.49. The van der Waals surface area contributed by atoms with E-state index in [0.29, 0.717) is 17.4 Å². The monoisotopic (exact) mass is 307 g/mol. The Bertz CT molecular complexity index is 636. The second kappa shape index (κ2) is 6.58. The van der Waals surface area contributed by atoms with Crippen LogP contribution in [0.3, 0.4) is 0 Å². The molecule has 0 unspecified atom stereocenters. The molecule has 21 heavy (non-hydrogen) atoms. The van der Waals surface area contributed by atoms with E-state index in [-0.39, 0.29) is 12.2 Å². The lowest BCUT2D eigenvalue weighted by molar-refractivity contribution is 0.0691. The summed E-state index contributed by atoms with van der Waals surface area (Å²) in [7, 11) is 1.49. The maximum Gasteiger partial charge on any atom is 0.339 e. The molecule has 0 saturated carbocycles. The predicted octanol–water partition coefficient (Wildman–Crippen LogP) is 3.55. The van der Waals surface area contributed by atoms with Gasteiger partial charge in [-0.3, -0.25) is 0 Å². The Labute approximate surface area is 127 Å². The van der Waals surface area contributed by atoms with E-state index in [1.54, 1.807) is 23.5 Å². The van der Waals surface area contributed by atoms with Crippen molar-refractivity contribution in [3.63, 3.8) is 0 Å². The SMILES string of the molecule is COc1ccc(OCc2csc(C(C)C)n2)c(C(=O)O)c1. The molecule has 0 atom stereocenters. The standard InChI is InChI=1S/C15H17NO4S/c1-9(2)14-16-10(8-21-14)7-20-13-5-4-11(19-3)6-12(13)15(17)18/h4-6,8-9H,7H2,1-3H3,(H,17,18). The Morgan fingerprint density at radius 1 is 1.43 bits per heavy atom. The molecule has 1 aromatic carbocycles. The van der Waals surface area contributed by atoms with E-state index < -0.39 is 5.97 Å². The highest BCUT2D eigenvalue weighted by molar-refractivity contribution is 7.09. The number of rotatable bonds is 6. The lowest BCUT2D eigenvalue weighted by Crippen LogP contribution is -2.04. The number of hydrogen-bond acceptors (Lipinski definition) is 5. The molecule has 0 saturated heterocycles. The smallest absolute Gasteiger partial charge is 0.339 e. The average molecular weight is 307 g/mol. The van der Waals surface area contributed by atoms with Crippen LogP contribution in [-0.4, -0.2) is 23.2 Å². The molecule has 1 aromatic heterocycles. The molecule has 0 radical (unpaired) electrons. The average Bonchev–Trinajstić information content (AvgIpc) is 2.94. The second-order valence-electron chi connectivity index (χ2n) is 4.79. The first kappa shape index (κ1) is 15.3. The molecule has 1 heterocycles. The van der Waals surface area contributed by atoms with Crippen LogP contribution in [0.5, 0.6) is 11.5 Å². The maximum atomic E-state index is 11.2. The minimum Gasteiger partial charge on any atom is -0.497 e. The number of benzene rings is 1. The fourth-order valence-corrected chi connectivity index (χ4v) is 2.55. The molecular formula is C15H17NO4S. The third kappa shape index (κ3) is 3.72. The van der Waals surface area contributed by atoms with Crippen molar-refractivity contribution in [3.8, 4) is 11.5 Å². The zero-order chi connectivity index (χ0) is 15.4. The zero-order valence-electron chi connectivity index (χ0n) is 12.1. The lowest BCUT2D eigenvalue weighted by atomic mass is 10.2. The van der Waals surface area contributed by atoms with E-state index in [0.717, 1.165) is 10.7 Å². The molecule has 0 amide bonds. The van der Waals surface area contributed by atoms with E-state index in [1.165, 1.54) is 13.2 Å². The summed E-state index contributed by atoms with van der Waals surface area (Å²) in [6.45, 7) is 4.40. The first-order chi connectivity index (χ1) is 10.0. The second-order valence-corrected chi connectivity index (χ2v) is 5.68. The molecule has 0 bridgehead atoms. The van der Waals surface area contributed by atoms with Crippen molar-refractivity contribution >= 4 is 17.3 Å². The summed E-state index contributed by atoms with van der Waals surface area (Å²) < 4.78 is 10.6. The van der Waals surface area contributed by atoms with Crippen LogP contribution in [0.1, 0.15) is 40.8 Å². The zero-order valence-corrected chi connectivity index (χ0v) is 12.9. The molecule has 0 aliphatic carbocycles. The molecule has 0 aliphatic rings. The molecule has 112 valence electrons. The largest absolute Gasteiger partial charge is 0.497 e. The Kier molecular flexibility index (Phi) is 4.80. The van der Waals surface area contributed by atoms with Crippen LogP contribution in [0.4, 0.5) is 0 Å². The van der Waals surface area contributed by atoms with Crippen LogP contribution >= 0.6 is 11.3 Å². The highest BCUT2D eigenvalue weighted by atomic mass is 32.1. The van der Waals surface area contributed by atoms with Crippen molar-refractivity contribution < 1.29 is 19.4 Å². The number of carboxylic acid groups (broad SMARTS) is 1. The van der Waals surface area contributed by atoms with Crippen molar-refractivity contribution in [2.75, 3.05) is 7.11 Å². The Morgan fingerprint density at radius 3 is 2.76 bits per heavy atom. The van der Waals surface area contributed by atoms with E-state index in [2.05, 4.69) is 18.8 Å². The summed E-state index contributed by atoms with van der Waals surface area (Å²) in [6.07, 6.45) is 0. The Morgan fingerprint density at radius 2 is 2.19 bits per heavy atom. The van der Waals surface area contributed by atoms with Crippen molar-refractivity contribution in [1.82, 2.24) is 4.98 Å². The first-order valence-corrected chi connectivity index (χ1v) is 7.37. The van der Waals surface area contributed by atoms with Gasteiger partial charge in [0, 0.05) is 11.3 Å². The molecule has 1 N–H and O–H groups in total. The molecule has 0 fully saturated rings. The van der Waals surface area contributed by atoms with Gasteiger partial charge in [0.05, 0.1) is 17.8 Å². The molecule has 2 aromatic rings. The van der Waals surface area contributed by atoms with Crippen molar-refractivity contribution in [2.24, 2.45) is 0 Å². The number of hydrogen-bond donors (Lipinski definition) is 1. The number of aromatic carboxylic acids is 1. The Hall–Kier alpha value is -2.08. The van der Waals surface area contributed by atoms with Gasteiger partial charge in [-0.25, -0.2) is 9.78 Å². The van der Waals surface area contributed by atoms with Gasteiger partial charge in [0.2, 0.25) is 0 Å². The number of aromatic nitrogens is 1. The third-order valence-corrected chi connectivity index (χ3v) is 4.05. The number of ether oxygens (including phenoxy) is 2. The quantitative estimate of drug-likeness (QED) is 0.884. The van der Waals surface area contributed by atoms with Crippen molar-refractivity contribution in [2.45, 2.75) is 26.4 Å². The molecule has 6 heteroatoms. The summed E-state index contributed by atoms with van der Waals surface area (Å²) in [4.78, 5) is 15.7. The highest BCUT2D eigenvalue weighted by Gasteiger charge is 2.14. The highest BCUT2D eigenvalue weighted by Crippen LogP contribution is 2.26. The van der Waals surface area contributed by atoms with Crippen LogP contribution in [0, 0.1) is 0 Å². The van der Waals surface area contributed by atoms with Crippen LogP contribution in [0.2, 0.25) is 0 Å². The molecule has 2 rings (SSSR count). The molecule has 0 spiro atoms. The van der Waals surface area contributed by atoms with Gasteiger partial charge in [0.25, 0.3) is 0 Å². The topological polar surface area (TPSA) is 68.7 Å². The van der Waals surface area contributed by atoms with E-state index in [1.807, 2.05) is 5.38 Å². The fraction of sp³-hybridized carbons (Fsp3) is 0.333. The summed E-state index contributed by atoms with van der Waals surface area (Å²) >= 11 is 1.58. The van der Waals surface area contributed by atoms with Gasteiger partial charge in [0.15, 0.2) is 0 Å². The minimum absolute atomic E-state index is 0.0775. The number of methoxy groups -OCH3 is 1. The number of carboxylic acids is 1. The predicted molar refractivity (Wildman–Crippen MR) is 80.5 cm³/mol. The summed E-state index contributed by atoms with van der Waals surface area (Å²) in [5.41, 5.74) is 0.879. The summed E-state index contributed by atoms with van der Waals surface area (Å²) in [5.74, 6) is 0.113. The van der Waals surface area contributed by atoms with Crippen LogP contribution < -0.4 is 9.47 Å². The van der Waals surface area contributed by atoms with Gasteiger partial charge in [-0.15, -0.1) is 11.3 Å².